The van der Waals surface area contributed by atoms with Gasteiger partial charge in [-0.25, -0.2) is 0 Å². The first kappa shape index (κ1) is 30.4. The second kappa shape index (κ2) is 11.1. The third-order valence-corrected chi connectivity index (χ3v) is 8.38. The van der Waals surface area contributed by atoms with Gasteiger partial charge in [-0.05, 0) is 49.9 Å². The van der Waals surface area contributed by atoms with E-state index >= 15 is 0 Å². The third-order valence-electron chi connectivity index (χ3n) is 8.38. The van der Waals surface area contributed by atoms with E-state index in [9.17, 15) is 45.3 Å². The van der Waals surface area contributed by atoms with Gasteiger partial charge in [0.15, 0.2) is 5.78 Å². The monoisotopic (exact) mass is 612 g/mol. The quantitative estimate of drug-likeness (QED) is 0.162. The molecule has 2 aliphatic heterocycles. The number of ether oxygens (including phenoxy) is 4. The number of rotatable bonds is 4. The Morgan fingerprint density at radius 1 is 0.659 bits per heavy atom. The van der Waals surface area contributed by atoms with Gasteiger partial charge in [0.1, 0.15) is 53.9 Å². The molecule has 0 aromatic heterocycles. The number of aromatic hydroxyl groups is 1. The van der Waals surface area contributed by atoms with Crippen molar-refractivity contribution in [3.8, 4) is 17.2 Å². The molecule has 3 aliphatic rings. The SMILES string of the molecule is Cc1cc(O[C@@H]2O[C@@H](C)[C@H](O)[C@@H](O)[C@H]2O)c2c3c(c(O)cc2c1)C(=O)c1c(O[C@@H]2O[C@@H](C)[C@H](O)[C@@H](O)[C@H]2O)cccc1C3=O. The van der Waals surface area contributed by atoms with Crippen LogP contribution in [0.3, 0.4) is 0 Å². The number of carbonyl (C=O) groups excluding carboxylic acids is 2. The molecule has 0 unspecified atom stereocenters. The number of fused-ring (bicyclic) bond motifs is 4. The fourth-order valence-electron chi connectivity index (χ4n) is 5.97. The minimum atomic E-state index is -1.68. The van der Waals surface area contributed by atoms with Crippen LogP contribution >= 0.6 is 0 Å². The van der Waals surface area contributed by atoms with E-state index in [4.69, 9.17) is 18.9 Å². The molecule has 3 aromatic carbocycles. The lowest BCUT2D eigenvalue weighted by molar-refractivity contribution is -0.268. The zero-order chi connectivity index (χ0) is 31.8. The van der Waals surface area contributed by atoms with Crippen LogP contribution in [-0.4, -0.2) is 109 Å². The number of phenolic OH excluding ortho intramolecular Hbond substituents is 1. The predicted molar refractivity (Wildman–Crippen MR) is 150 cm³/mol. The fourth-order valence-corrected chi connectivity index (χ4v) is 5.97. The molecule has 0 amide bonds. The van der Waals surface area contributed by atoms with Crippen molar-refractivity contribution in [2.75, 3.05) is 0 Å². The van der Waals surface area contributed by atoms with Crippen molar-refractivity contribution >= 4 is 22.3 Å². The number of aliphatic hydroxyl groups is 6. The molecule has 0 spiro atoms. The number of benzene rings is 3. The van der Waals surface area contributed by atoms with Crippen LogP contribution in [0.15, 0.2) is 36.4 Å². The van der Waals surface area contributed by atoms with Crippen molar-refractivity contribution in [2.45, 2.75) is 82.2 Å². The van der Waals surface area contributed by atoms with E-state index in [1.54, 1.807) is 19.1 Å². The van der Waals surface area contributed by atoms with Gasteiger partial charge < -0.3 is 54.7 Å². The second-order valence-corrected chi connectivity index (χ2v) is 11.4. The molecule has 44 heavy (non-hydrogen) atoms. The first-order valence-corrected chi connectivity index (χ1v) is 14.1. The predicted octanol–water partition coefficient (Wildman–Crippen LogP) is 0.0418. The maximum Gasteiger partial charge on any atom is 0.229 e. The lowest BCUT2D eigenvalue weighted by Crippen LogP contribution is -2.58. The molecule has 0 radical (unpaired) electrons. The highest BCUT2D eigenvalue weighted by Gasteiger charge is 2.46. The Hall–Kier alpha value is -3.66. The van der Waals surface area contributed by atoms with Gasteiger partial charge in [0, 0.05) is 16.5 Å². The van der Waals surface area contributed by atoms with Crippen molar-refractivity contribution in [1.82, 2.24) is 0 Å². The number of phenols is 1. The lowest BCUT2D eigenvalue weighted by Gasteiger charge is -2.39. The number of hydrogen-bond donors (Lipinski definition) is 7. The third kappa shape index (κ3) is 4.73. The number of aryl methyl sites for hydroxylation is 1. The number of ketones is 2. The molecule has 2 fully saturated rings. The maximum absolute atomic E-state index is 14.1. The standard InChI is InChI=1S/C31H32O13/c1-10-7-13-9-15(32)20-21(18(13)17(8-10)44-31-29(40)27(38)23(34)12(3)42-31)24(35)14-5-4-6-16(19(14)25(20)36)43-30-28(39)26(37)22(33)11(2)41-30/h4-9,11-12,22-23,26-34,37-40H,1-3H3/t11-,12-,22-,23-,26+,27+,28+,29+,30-,31-/m0/s1. The van der Waals surface area contributed by atoms with Crippen LogP contribution in [0, 0.1) is 6.92 Å². The van der Waals surface area contributed by atoms with E-state index in [0.29, 0.717) is 10.9 Å². The molecule has 6 rings (SSSR count). The molecule has 2 saturated heterocycles. The van der Waals surface area contributed by atoms with Crippen LogP contribution in [0.2, 0.25) is 0 Å². The molecule has 3 aromatic rings. The van der Waals surface area contributed by atoms with Gasteiger partial charge >= 0.3 is 0 Å². The van der Waals surface area contributed by atoms with Gasteiger partial charge in [-0.1, -0.05) is 18.2 Å². The Balaban J connectivity index is 1.45. The number of hydrogen-bond acceptors (Lipinski definition) is 13. The van der Waals surface area contributed by atoms with E-state index in [1.807, 2.05) is 0 Å². The zero-order valence-corrected chi connectivity index (χ0v) is 23.8. The molecular weight excluding hydrogens is 580 g/mol. The van der Waals surface area contributed by atoms with Crippen molar-refractivity contribution in [3.63, 3.8) is 0 Å². The normalized spacial score (nSPS) is 33.6. The van der Waals surface area contributed by atoms with Crippen molar-refractivity contribution in [2.24, 2.45) is 0 Å². The molecule has 0 saturated carbocycles. The molecule has 13 heteroatoms. The number of aliphatic hydroxyl groups excluding tert-OH is 6. The summed E-state index contributed by atoms with van der Waals surface area (Å²) in [5.41, 5.74) is -0.176. The first-order valence-electron chi connectivity index (χ1n) is 14.1. The van der Waals surface area contributed by atoms with Crippen LogP contribution in [0.1, 0.15) is 51.3 Å². The van der Waals surface area contributed by atoms with E-state index in [1.165, 1.54) is 38.1 Å². The van der Waals surface area contributed by atoms with Gasteiger partial charge in [-0.3, -0.25) is 9.59 Å². The Morgan fingerprint density at radius 3 is 1.82 bits per heavy atom. The van der Waals surface area contributed by atoms with Crippen LogP contribution < -0.4 is 9.47 Å². The van der Waals surface area contributed by atoms with Gasteiger partial charge in [-0.15, -0.1) is 0 Å². The summed E-state index contributed by atoms with van der Waals surface area (Å²) in [5.74, 6) is -2.08. The summed E-state index contributed by atoms with van der Waals surface area (Å²) in [7, 11) is 0. The molecular formula is C31H32O13. The Bertz CT molecular complexity index is 1650. The molecule has 10 atom stereocenters. The topological polar surface area (TPSA) is 213 Å². The average Bonchev–Trinajstić information content (AvgIpc) is 2.98. The average molecular weight is 613 g/mol. The van der Waals surface area contributed by atoms with Crippen LogP contribution in [0.25, 0.3) is 10.8 Å². The smallest absolute Gasteiger partial charge is 0.229 e. The lowest BCUT2D eigenvalue weighted by atomic mass is 9.80. The molecule has 13 nitrogen and oxygen atoms in total. The summed E-state index contributed by atoms with van der Waals surface area (Å²) in [5, 5.41) is 73.2. The maximum atomic E-state index is 14.1. The summed E-state index contributed by atoms with van der Waals surface area (Å²) in [6.07, 6.45) is -14.0. The van der Waals surface area contributed by atoms with Crippen LogP contribution in [0.4, 0.5) is 0 Å². The van der Waals surface area contributed by atoms with E-state index in [-0.39, 0.29) is 39.1 Å². The second-order valence-electron chi connectivity index (χ2n) is 11.4. The summed E-state index contributed by atoms with van der Waals surface area (Å²) < 4.78 is 22.9. The summed E-state index contributed by atoms with van der Waals surface area (Å²) in [4.78, 5) is 28.2. The highest BCUT2D eigenvalue weighted by atomic mass is 16.7. The fraction of sp³-hybridized carbons (Fsp3) is 0.419. The first-order chi connectivity index (χ1) is 20.8. The molecule has 7 N–H and O–H groups in total. The van der Waals surface area contributed by atoms with Crippen LogP contribution in [0.5, 0.6) is 17.2 Å². The Kier molecular flexibility index (Phi) is 7.63. The van der Waals surface area contributed by atoms with Crippen molar-refractivity contribution in [3.05, 3.63) is 64.2 Å². The Labute approximate surface area is 250 Å². The largest absolute Gasteiger partial charge is 0.507 e. The van der Waals surface area contributed by atoms with Gasteiger partial charge in [0.05, 0.1) is 23.3 Å². The molecule has 234 valence electrons. The van der Waals surface area contributed by atoms with Gasteiger partial charge in [0.2, 0.25) is 18.4 Å². The highest BCUT2D eigenvalue weighted by Crippen LogP contribution is 2.44. The molecule has 2 heterocycles. The van der Waals surface area contributed by atoms with Crippen LogP contribution in [-0.2, 0) is 9.47 Å². The summed E-state index contributed by atoms with van der Waals surface area (Å²) >= 11 is 0. The van der Waals surface area contributed by atoms with E-state index < -0.39 is 78.7 Å². The van der Waals surface area contributed by atoms with Crippen molar-refractivity contribution in [1.29, 1.82) is 0 Å². The minimum absolute atomic E-state index is 0.0216. The van der Waals surface area contributed by atoms with E-state index in [2.05, 4.69) is 0 Å². The van der Waals surface area contributed by atoms with Crippen molar-refractivity contribution < 1.29 is 64.3 Å². The summed E-state index contributed by atoms with van der Waals surface area (Å²) in [6.45, 7) is 4.68. The summed E-state index contributed by atoms with van der Waals surface area (Å²) in [6, 6.07) is 8.71. The minimum Gasteiger partial charge on any atom is -0.507 e. The van der Waals surface area contributed by atoms with Gasteiger partial charge in [0.25, 0.3) is 0 Å². The number of carbonyl (C=O) groups is 2. The van der Waals surface area contributed by atoms with E-state index in [0.717, 1.165) is 0 Å². The molecule has 0 bridgehead atoms. The van der Waals surface area contributed by atoms with Gasteiger partial charge in [-0.2, -0.15) is 0 Å². The molecule has 1 aliphatic carbocycles. The highest BCUT2D eigenvalue weighted by molar-refractivity contribution is 6.34. The zero-order valence-electron chi connectivity index (χ0n) is 23.8. The Morgan fingerprint density at radius 2 is 1.23 bits per heavy atom.